The Morgan fingerprint density at radius 2 is 1.96 bits per heavy atom. The first-order valence-corrected chi connectivity index (χ1v) is 8.53. The fraction of sp³-hybridized carbons (Fsp3) is 0.611. The summed E-state index contributed by atoms with van der Waals surface area (Å²) in [5.41, 5.74) is 6.52. The van der Waals surface area contributed by atoms with Crippen molar-refractivity contribution in [3.63, 3.8) is 0 Å². The minimum absolute atomic E-state index is 0.00592. The minimum Gasteiger partial charge on any atom is -0.352 e. The number of aryl methyl sites for hydroxylation is 1. The lowest BCUT2D eigenvalue weighted by Crippen LogP contribution is -2.45. The molecule has 0 heterocycles. The molecule has 3 N–H and O–H groups in total. The second kappa shape index (κ2) is 8.96. The highest BCUT2D eigenvalue weighted by molar-refractivity contribution is 5.76. The van der Waals surface area contributed by atoms with Crippen molar-refractivity contribution in [1.82, 2.24) is 5.32 Å². The zero-order valence-electron chi connectivity index (χ0n) is 13.5. The molecule has 1 aromatic rings. The molecule has 1 aliphatic rings. The van der Waals surface area contributed by atoms with Crippen molar-refractivity contribution in [3.05, 3.63) is 35.4 Å². The zero-order valence-corrected chi connectivity index (χ0v) is 13.5. The molecule has 0 aromatic heterocycles. The van der Waals surface area contributed by atoms with Crippen LogP contribution in [0.5, 0.6) is 0 Å². The second-order valence-corrected chi connectivity index (χ2v) is 6.41. The number of carbonyl (C=O) groups is 1. The Bertz CT molecular complexity index is 516. The first-order valence-electron chi connectivity index (χ1n) is 8.53. The summed E-state index contributed by atoms with van der Waals surface area (Å²) in [6.45, 7) is 0.472. The van der Waals surface area contributed by atoms with Crippen molar-refractivity contribution in [2.45, 2.75) is 57.4 Å². The number of carbonyl (C=O) groups excluding carboxylic acids is 1. The van der Waals surface area contributed by atoms with Gasteiger partial charge < -0.3 is 11.1 Å². The average Bonchev–Trinajstić information content (AvgIpc) is 2.56. The van der Waals surface area contributed by atoms with E-state index in [4.69, 9.17) is 5.73 Å². The van der Waals surface area contributed by atoms with Crippen LogP contribution in [-0.4, -0.2) is 18.5 Å². The summed E-state index contributed by atoms with van der Waals surface area (Å²) in [6, 6.07) is 3.93. The molecule has 0 spiro atoms. The first kappa shape index (κ1) is 17.9. The van der Waals surface area contributed by atoms with Crippen LogP contribution in [0, 0.1) is 17.6 Å². The van der Waals surface area contributed by atoms with E-state index in [1.807, 2.05) is 0 Å². The lowest BCUT2D eigenvalue weighted by molar-refractivity contribution is -0.122. The Labute approximate surface area is 136 Å². The molecule has 1 aliphatic carbocycles. The lowest BCUT2D eigenvalue weighted by atomic mass is 9.84. The smallest absolute Gasteiger partial charge is 0.220 e. The number of halogens is 2. The third-order valence-electron chi connectivity index (χ3n) is 4.67. The quantitative estimate of drug-likeness (QED) is 0.808. The molecule has 1 fully saturated rings. The monoisotopic (exact) mass is 324 g/mol. The fourth-order valence-electron chi connectivity index (χ4n) is 3.33. The van der Waals surface area contributed by atoms with Crippen molar-refractivity contribution in [3.8, 4) is 0 Å². The van der Waals surface area contributed by atoms with Gasteiger partial charge in [0.05, 0.1) is 0 Å². The van der Waals surface area contributed by atoms with E-state index >= 15 is 0 Å². The van der Waals surface area contributed by atoms with E-state index < -0.39 is 11.6 Å². The third kappa shape index (κ3) is 5.57. The van der Waals surface area contributed by atoms with Gasteiger partial charge in [-0.15, -0.1) is 0 Å². The summed E-state index contributed by atoms with van der Waals surface area (Å²) in [6.07, 6.45) is 7.52. The van der Waals surface area contributed by atoms with E-state index in [0.717, 1.165) is 18.9 Å². The SMILES string of the molecule is NCC(NC(=O)CCCc1ccc(F)c(F)c1)C1CCCCC1. The van der Waals surface area contributed by atoms with E-state index in [9.17, 15) is 13.6 Å². The van der Waals surface area contributed by atoms with Crippen molar-refractivity contribution < 1.29 is 13.6 Å². The van der Waals surface area contributed by atoms with Gasteiger partial charge in [-0.3, -0.25) is 4.79 Å². The van der Waals surface area contributed by atoms with Gasteiger partial charge >= 0.3 is 0 Å². The van der Waals surface area contributed by atoms with Gasteiger partial charge in [0.1, 0.15) is 0 Å². The van der Waals surface area contributed by atoms with Crippen LogP contribution in [0.1, 0.15) is 50.5 Å². The summed E-state index contributed by atoms with van der Waals surface area (Å²) in [5.74, 6) is -1.20. The van der Waals surface area contributed by atoms with Crippen LogP contribution in [0.25, 0.3) is 0 Å². The van der Waals surface area contributed by atoms with Gasteiger partial charge in [-0.25, -0.2) is 8.78 Å². The average molecular weight is 324 g/mol. The van der Waals surface area contributed by atoms with Crippen LogP contribution in [0.3, 0.4) is 0 Å². The number of nitrogens with two attached hydrogens (primary N) is 1. The van der Waals surface area contributed by atoms with Gasteiger partial charge in [-0.1, -0.05) is 25.3 Å². The van der Waals surface area contributed by atoms with Crippen molar-refractivity contribution >= 4 is 5.91 Å². The molecule has 0 bridgehead atoms. The maximum atomic E-state index is 13.1. The number of hydrogen-bond donors (Lipinski definition) is 2. The molecule has 3 nitrogen and oxygen atoms in total. The number of nitrogens with one attached hydrogen (secondary N) is 1. The van der Waals surface area contributed by atoms with Gasteiger partial charge in [-0.2, -0.15) is 0 Å². The Morgan fingerprint density at radius 1 is 1.22 bits per heavy atom. The largest absolute Gasteiger partial charge is 0.352 e. The molecule has 0 saturated heterocycles. The third-order valence-corrected chi connectivity index (χ3v) is 4.67. The molecule has 1 amide bonds. The predicted octanol–water partition coefficient (Wildman–Crippen LogP) is 3.31. The maximum Gasteiger partial charge on any atom is 0.220 e. The first-order chi connectivity index (χ1) is 11.1. The molecule has 0 radical (unpaired) electrons. The van der Waals surface area contributed by atoms with E-state index in [-0.39, 0.29) is 11.9 Å². The molecular weight excluding hydrogens is 298 g/mol. The summed E-state index contributed by atoms with van der Waals surface area (Å²) in [4.78, 5) is 12.1. The summed E-state index contributed by atoms with van der Waals surface area (Å²) < 4.78 is 26.0. The molecule has 2 rings (SSSR count). The molecule has 1 aromatic carbocycles. The minimum atomic E-state index is -0.843. The zero-order chi connectivity index (χ0) is 16.7. The van der Waals surface area contributed by atoms with Crippen LogP contribution >= 0.6 is 0 Å². The van der Waals surface area contributed by atoms with Crippen molar-refractivity contribution in [1.29, 1.82) is 0 Å². The Morgan fingerprint density at radius 3 is 2.61 bits per heavy atom. The Kier molecular flexibility index (Phi) is 6.96. The fourth-order valence-corrected chi connectivity index (χ4v) is 3.33. The van der Waals surface area contributed by atoms with Gasteiger partial charge in [-0.05, 0) is 49.3 Å². The Hall–Kier alpha value is -1.49. The highest BCUT2D eigenvalue weighted by atomic mass is 19.2. The van der Waals surface area contributed by atoms with E-state index in [1.165, 1.54) is 25.3 Å². The molecule has 23 heavy (non-hydrogen) atoms. The molecule has 1 saturated carbocycles. The van der Waals surface area contributed by atoms with E-state index in [2.05, 4.69) is 5.32 Å². The summed E-state index contributed by atoms with van der Waals surface area (Å²) >= 11 is 0. The Balaban J connectivity index is 1.74. The second-order valence-electron chi connectivity index (χ2n) is 6.41. The van der Waals surface area contributed by atoms with E-state index in [0.29, 0.717) is 37.3 Å². The number of amides is 1. The van der Waals surface area contributed by atoms with Crippen molar-refractivity contribution in [2.24, 2.45) is 11.7 Å². The van der Waals surface area contributed by atoms with Crippen LogP contribution in [0.4, 0.5) is 8.78 Å². The number of benzene rings is 1. The van der Waals surface area contributed by atoms with Crippen molar-refractivity contribution in [2.75, 3.05) is 6.54 Å². The van der Waals surface area contributed by atoms with Crippen LogP contribution in [0.2, 0.25) is 0 Å². The van der Waals surface area contributed by atoms with Gasteiger partial charge in [0.15, 0.2) is 11.6 Å². The summed E-state index contributed by atoms with van der Waals surface area (Å²) in [5, 5.41) is 3.05. The van der Waals surface area contributed by atoms with Crippen LogP contribution < -0.4 is 11.1 Å². The highest BCUT2D eigenvalue weighted by Gasteiger charge is 2.23. The van der Waals surface area contributed by atoms with Gasteiger partial charge in [0.25, 0.3) is 0 Å². The highest BCUT2D eigenvalue weighted by Crippen LogP contribution is 2.26. The summed E-state index contributed by atoms with van der Waals surface area (Å²) in [7, 11) is 0. The standard InChI is InChI=1S/C18H26F2N2O/c19-15-10-9-13(11-16(15)20)5-4-8-18(23)22-17(12-21)14-6-2-1-3-7-14/h9-11,14,17H,1-8,12,21H2,(H,22,23). The van der Waals surface area contributed by atoms with Gasteiger partial charge in [0, 0.05) is 19.0 Å². The van der Waals surface area contributed by atoms with Gasteiger partial charge in [0.2, 0.25) is 5.91 Å². The molecule has 1 atom stereocenters. The lowest BCUT2D eigenvalue weighted by Gasteiger charge is -2.30. The number of hydrogen-bond acceptors (Lipinski definition) is 2. The van der Waals surface area contributed by atoms with E-state index in [1.54, 1.807) is 6.07 Å². The number of rotatable bonds is 7. The molecule has 0 aliphatic heterocycles. The molecular formula is C18H26F2N2O. The maximum absolute atomic E-state index is 13.1. The predicted molar refractivity (Wildman–Crippen MR) is 86.9 cm³/mol. The topological polar surface area (TPSA) is 55.1 Å². The normalized spacial score (nSPS) is 17.0. The molecule has 128 valence electrons. The van der Waals surface area contributed by atoms with Crippen LogP contribution in [0.15, 0.2) is 18.2 Å². The van der Waals surface area contributed by atoms with Crippen LogP contribution in [-0.2, 0) is 11.2 Å². The molecule has 5 heteroatoms. The molecule has 1 unspecified atom stereocenters.